The van der Waals surface area contributed by atoms with Crippen LogP contribution in [0.1, 0.15) is 27.8 Å². The number of halogens is 3. The molecule has 3 aromatic carbocycles. The van der Waals surface area contributed by atoms with Crippen LogP contribution >= 0.6 is 31.3 Å². The Morgan fingerprint density at radius 3 is 2.37 bits per heavy atom. The second kappa shape index (κ2) is 14.7. The maximum absolute atomic E-state index is 13.5. The Hall–Kier alpha value is -1.63. The van der Waals surface area contributed by atoms with Gasteiger partial charge in [0.2, 0.25) is 0 Å². The molecule has 9 heteroatoms. The summed E-state index contributed by atoms with van der Waals surface area (Å²) in [5.74, 6) is 0.630. The van der Waals surface area contributed by atoms with Crippen LogP contribution in [0.3, 0.4) is 0 Å². The molecule has 4 nitrogen and oxygen atoms in total. The number of aryl methyl sites for hydroxylation is 3. The number of rotatable bonds is 7. The number of nitrogens with zero attached hydrogens (tertiary/aromatic N) is 3. The van der Waals surface area contributed by atoms with Crippen molar-refractivity contribution in [2.24, 2.45) is 0 Å². The Kier molecular flexibility index (Phi) is 11.9. The molecule has 0 aromatic heterocycles. The van der Waals surface area contributed by atoms with E-state index < -0.39 is 13.5 Å². The molecule has 0 amide bonds. The van der Waals surface area contributed by atoms with Crippen LogP contribution < -0.4 is 9.80 Å². The number of para-hydroxylation sites is 2. The van der Waals surface area contributed by atoms with Crippen LogP contribution in [-0.4, -0.2) is 47.2 Å². The van der Waals surface area contributed by atoms with Gasteiger partial charge in [0.1, 0.15) is 0 Å². The van der Waals surface area contributed by atoms with Gasteiger partial charge < -0.3 is 9.21 Å². The summed E-state index contributed by atoms with van der Waals surface area (Å²) in [6, 6.07) is 17.1. The molecule has 4 rings (SSSR count). The van der Waals surface area contributed by atoms with Crippen LogP contribution in [0.5, 0.6) is 5.75 Å². The van der Waals surface area contributed by atoms with Crippen LogP contribution in [0.2, 0.25) is 0 Å². The van der Waals surface area contributed by atoms with Gasteiger partial charge in [0.15, 0.2) is 0 Å². The molecule has 3 aromatic rings. The molecule has 0 saturated carbocycles. The van der Waals surface area contributed by atoms with Gasteiger partial charge in [0.05, 0.1) is 0 Å². The second-order valence-corrected chi connectivity index (χ2v) is 15.7. The molecule has 1 aliphatic rings. The Morgan fingerprint density at radius 2 is 1.76 bits per heavy atom. The number of hydrogen-bond donors (Lipinski definition) is 0. The molecule has 1 aliphatic heterocycles. The maximum atomic E-state index is 13.5. The molecule has 1 N–H and O–H groups in total. The normalized spacial score (nSPS) is 13.6. The van der Waals surface area contributed by atoms with Crippen molar-refractivity contribution in [1.29, 1.82) is 0 Å². The number of aromatic hydroxyl groups is 1. The topological polar surface area (TPSA) is 22.5 Å². The van der Waals surface area contributed by atoms with Crippen molar-refractivity contribution >= 4 is 47.3 Å². The third kappa shape index (κ3) is 8.43. The zero-order valence-electron chi connectivity index (χ0n) is 22.7. The van der Waals surface area contributed by atoms with E-state index in [2.05, 4.69) is 64.7 Å². The van der Waals surface area contributed by atoms with Crippen LogP contribution in [0.15, 0.2) is 54.6 Å². The predicted molar refractivity (Wildman–Crippen MR) is 162 cm³/mol. The van der Waals surface area contributed by atoms with Crippen molar-refractivity contribution in [2.45, 2.75) is 27.3 Å². The molecular weight excluding hydrogens is 629 g/mol. The van der Waals surface area contributed by atoms with Crippen molar-refractivity contribution in [3.63, 3.8) is 0 Å². The monoisotopic (exact) mass is 665 g/mol. The molecule has 208 valence electrons. The summed E-state index contributed by atoms with van der Waals surface area (Å²) in [7, 11) is 15.6. The standard InChI is InChI=1S/C16H16FNO.C13H19N2S.2ClH.Ru/c1-12-10-14(17)9-8-13(12)11-18(2)15-6-4-5-7-16(15)19-3;1-10-7-11(2)13(12(3)8-10)14-5-6-15(9-14)16-4;;;/h1,4-10H,11H2,2-3H3;7-9H,5-6H2,1-4H3;2*1H;/q;-1;;;+2/p-1. The zero-order valence-corrected chi connectivity index (χ0v) is 26.7. The second-order valence-electron chi connectivity index (χ2n) is 9.10. The Balaban J connectivity index is 0.000000221. The Bertz CT molecular complexity index is 1250. The quantitative estimate of drug-likeness (QED) is 0.113. The van der Waals surface area contributed by atoms with Gasteiger partial charge in [-0.2, -0.15) is 6.67 Å². The summed E-state index contributed by atoms with van der Waals surface area (Å²) in [5, 5.41) is 0. The summed E-state index contributed by atoms with van der Waals surface area (Å²) < 4.78 is 21.8. The molecule has 0 spiro atoms. The first kappa shape index (κ1) is 30.9. The van der Waals surface area contributed by atoms with E-state index in [1.54, 1.807) is 29.7 Å². The number of aliphatic hydroxyl groups is 1. The molecule has 0 bridgehead atoms. The number of anilines is 2. The summed E-state index contributed by atoms with van der Waals surface area (Å²) in [5.41, 5.74) is 8.23. The summed E-state index contributed by atoms with van der Waals surface area (Å²) in [4.78, 5) is 4.44. The van der Waals surface area contributed by atoms with Crippen molar-refractivity contribution in [3.8, 4) is 5.75 Å². The number of benzene rings is 3. The van der Waals surface area contributed by atoms with Gasteiger partial charge >= 0.3 is 143 Å². The minimum absolute atomic E-state index is 0.287. The van der Waals surface area contributed by atoms with Gasteiger partial charge in [-0.25, -0.2) is 0 Å². The van der Waals surface area contributed by atoms with Crippen LogP contribution in [0.25, 0.3) is 0 Å². The fraction of sp³-hybridized carbons (Fsp3) is 0.310. The zero-order chi connectivity index (χ0) is 27.8. The summed E-state index contributed by atoms with van der Waals surface area (Å²) >= 11 is -0.225. The third-order valence-electron chi connectivity index (χ3n) is 6.22. The third-order valence-corrected chi connectivity index (χ3v) is 8.80. The van der Waals surface area contributed by atoms with Gasteiger partial charge in [-0.3, -0.25) is 0 Å². The van der Waals surface area contributed by atoms with Gasteiger partial charge in [-0.15, -0.1) is 11.9 Å². The van der Waals surface area contributed by atoms with Crippen molar-refractivity contribution in [1.82, 2.24) is 4.31 Å². The van der Waals surface area contributed by atoms with Gasteiger partial charge in [0, 0.05) is 12.2 Å². The first-order valence-corrected chi connectivity index (χ1v) is 18.8. The molecule has 0 radical (unpaired) electrons. The average Bonchev–Trinajstić information content (AvgIpc) is 3.34. The van der Waals surface area contributed by atoms with Crippen molar-refractivity contribution in [2.75, 3.05) is 43.3 Å². The van der Waals surface area contributed by atoms with Gasteiger partial charge in [0.25, 0.3) is 0 Å². The van der Waals surface area contributed by atoms with E-state index in [1.165, 1.54) is 34.5 Å². The Labute approximate surface area is 244 Å². The van der Waals surface area contributed by atoms with E-state index in [0.717, 1.165) is 35.7 Å². The van der Waals surface area contributed by atoms with Crippen molar-refractivity contribution < 1.29 is 22.6 Å². The van der Waals surface area contributed by atoms with Crippen LogP contribution in [0.4, 0.5) is 15.8 Å². The van der Waals surface area contributed by atoms with Crippen LogP contribution in [0, 0.1) is 33.3 Å². The number of hydrogen-bond acceptors (Lipinski definition) is 4. The molecule has 0 atom stereocenters. The van der Waals surface area contributed by atoms with Crippen molar-refractivity contribution in [3.05, 3.63) is 94.9 Å². The Morgan fingerprint density at radius 1 is 1.08 bits per heavy atom. The van der Waals surface area contributed by atoms with E-state index in [-0.39, 0.29) is 5.82 Å². The minimum atomic E-state index is -2.01. The number of ether oxygens (including phenoxy) is 1. The SMILES string of the molecule is CSN1[CH-]N(c2c(C)cc(C)cc2C)CC1.C[OH+]c1ccccc1N(C)Cc1ccc(F)cc1[CH]=[Ru]([Cl])[Cl]. The predicted octanol–water partition coefficient (Wildman–Crippen LogP) is 7.54. The van der Waals surface area contributed by atoms with E-state index in [4.69, 9.17) is 19.4 Å². The molecule has 1 saturated heterocycles. The first-order valence-electron chi connectivity index (χ1n) is 12.1. The van der Waals surface area contributed by atoms with Crippen LogP contribution in [-0.2, 0) is 20.1 Å². The van der Waals surface area contributed by atoms with E-state index in [1.807, 2.05) is 31.3 Å². The molecule has 38 heavy (non-hydrogen) atoms. The van der Waals surface area contributed by atoms with E-state index in [0.29, 0.717) is 6.54 Å². The molecule has 1 fully saturated rings. The summed E-state index contributed by atoms with van der Waals surface area (Å²) in [6.45, 7) is 11.6. The van der Waals surface area contributed by atoms with Gasteiger partial charge in [-0.05, 0) is 44.7 Å². The molecular formula is C29H36Cl2FN3ORuS. The molecule has 0 aliphatic carbocycles. The fourth-order valence-corrected chi connectivity index (χ4v) is 6.95. The molecule has 1 heterocycles. The molecule has 0 unspecified atom stereocenters. The summed E-state index contributed by atoms with van der Waals surface area (Å²) in [6.07, 6.45) is 2.12. The van der Waals surface area contributed by atoms with E-state index >= 15 is 0 Å². The van der Waals surface area contributed by atoms with E-state index in [9.17, 15) is 4.39 Å². The fourth-order valence-electron chi connectivity index (χ4n) is 4.62. The first-order chi connectivity index (χ1) is 18.1. The van der Waals surface area contributed by atoms with Gasteiger partial charge in [-0.1, -0.05) is 17.7 Å². The average molecular weight is 666 g/mol.